The minimum absolute atomic E-state index is 0.0837. The number of hydrogen-bond acceptors (Lipinski definition) is 4. The Morgan fingerprint density at radius 3 is 2.54 bits per heavy atom. The van der Waals surface area contributed by atoms with E-state index in [1.54, 1.807) is 7.11 Å². The molecular formula is C21H33N3O2. The second-order valence-corrected chi connectivity index (χ2v) is 8.16. The molecule has 0 aromatic heterocycles. The van der Waals surface area contributed by atoms with Gasteiger partial charge in [-0.3, -0.25) is 4.79 Å². The van der Waals surface area contributed by atoms with Crippen molar-refractivity contribution < 1.29 is 9.53 Å². The maximum absolute atomic E-state index is 12.8. The van der Waals surface area contributed by atoms with Crippen molar-refractivity contribution in [2.45, 2.75) is 44.2 Å². The van der Waals surface area contributed by atoms with Crippen LogP contribution in [0.3, 0.4) is 0 Å². The van der Waals surface area contributed by atoms with Crippen molar-refractivity contribution in [3.63, 3.8) is 0 Å². The Bertz CT molecular complexity index is 605. The van der Waals surface area contributed by atoms with Crippen molar-refractivity contribution in [2.75, 3.05) is 27.7 Å². The molecule has 2 fully saturated rings. The monoisotopic (exact) mass is 359 g/mol. The predicted molar refractivity (Wildman–Crippen MR) is 104 cm³/mol. The number of methoxy groups -OCH3 is 1. The highest BCUT2D eigenvalue weighted by atomic mass is 16.5. The number of benzene rings is 1. The average molecular weight is 360 g/mol. The lowest BCUT2D eigenvalue weighted by atomic mass is 9.65. The zero-order valence-electron chi connectivity index (χ0n) is 16.3. The number of para-hydroxylation sites is 1. The summed E-state index contributed by atoms with van der Waals surface area (Å²) in [6.07, 6.45) is 5.54. The number of nitrogens with two attached hydrogens (primary N) is 1. The second-order valence-electron chi connectivity index (χ2n) is 8.16. The van der Waals surface area contributed by atoms with E-state index in [1.165, 1.54) is 19.3 Å². The molecule has 144 valence electrons. The van der Waals surface area contributed by atoms with Crippen molar-refractivity contribution in [1.29, 1.82) is 0 Å². The van der Waals surface area contributed by atoms with Gasteiger partial charge in [0.05, 0.1) is 13.2 Å². The van der Waals surface area contributed by atoms with Gasteiger partial charge in [-0.2, -0.15) is 0 Å². The standard InChI is InChI=1S/C21H33N3O2/c1-24(2)18(17-9-4-5-10-19(17)26-3)13-23-21(25)16-11-14-7-6-8-15(12-16)20(14)22/h4-5,9-10,14-16,18,20H,6-8,11-13,22H2,1-3H3,(H,23,25). The van der Waals surface area contributed by atoms with Crippen LogP contribution in [0.2, 0.25) is 0 Å². The number of amides is 1. The summed E-state index contributed by atoms with van der Waals surface area (Å²) in [4.78, 5) is 15.0. The molecule has 3 atom stereocenters. The van der Waals surface area contributed by atoms with Crippen molar-refractivity contribution in [3.05, 3.63) is 29.8 Å². The molecule has 2 bridgehead atoms. The van der Waals surface area contributed by atoms with Gasteiger partial charge in [-0.15, -0.1) is 0 Å². The maximum atomic E-state index is 12.8. The van der Waals surface area contributed by atoms with E-state index < -0.39 is 0 Å². The number of nitrogens with one attached hydrogen (secondary N) is 1. The third kappa shape index (κ3) is 4.04. The summed E-state index contributed by atoms with van der Waals surface area (Å²) >= 11 is 0. The number of carbonyl (C=O) groups excluding carboxylic acids is 1. The molecule has 0 spiro atoms. The Hall–Kier alpha value is -1.59. The van der Waals surface area contributed by atoms with Crippen LogP contribution in [0.5, 0.6) is 5.75 Å². The molecule has 2 aliphatic rings. The third-order valence-corrected chi connectivity index (χ3v) is 6.37. The van der Waals surface area contributed by atoms with Crippen LogP contribution in [0.4, 0.5) is 0 Å². The van der Waals surface area contributed by atoms with Crippen LogP contribution in [0.15, 0.2) is 24.3 Å². The number of fused-ring (bicyclic) bond motifs is 2. The molecule has 5 heteroatoms. The molecule has 3 unspecified atom stereocenters. The van der Waals surface area contributed by atoms with E-state index in [4.69, 9.17) is 10.5 Å². The van der Waals surface area contributed by atoms with Crippen LogP contribution in [-0.2, 0) is 4.79 Å². The van der Waals surface area contributed by atoms with Gasteiger partial charge in [-0.1, -0.05) is 24.6 Å². The molecule has 3 rings (SSSR count). The highest BCUT2D eigenvalue weighted by molar-refractivity contribution is 5.79. The van der Waals surface area contributed by atoms with Gasteiger partial charge >= 0.3 is 0 Å². The number of likely N-dealkylation sites (N-methyl/N-ethyl adjacent to an activating group) is 1. The fourth-order valence-electron chi connectivity index (χ4n) is 4.86. The molecule has 3 N–H and O–H groups in total. The quantitative estimate of drug-likeness (QED) is 0.819. The van der Waals surface area contributed by atoms with Gasteiger partial charge in [-0.25, -0.2) is 0 Å². The maximum Gasteiger partial charge on any atom is 0.223 e. The number of carbonyl (C=O) groups is 1. The van der Waals surface area contributed by atoms with E-state index in [1.807, 2.05) is 32.3 Å². The molecule has 2 aliphatic carbocycles. The highest BCUT2D eigenvalue weighted by Crippen LogP contribution is 2.42. The van der Waals surface area contributed by atoms with E-state index in [-0.39, 0.29) is 17.9 Å². The van der Waals surface area contributed by atoms with Gasteiger partial charge in [0, 0.05) is 24.1 Å². The zero-order valence-corrected chi connectivity index (χ0v) is 16.3. The largest absolute Gasteiger partial charge is 0.496 e. The van der Waals surface area contributed by atoms with Crippen LogP contribution in [0, 0.1) is 17.8 Å². The molecule has 1 aromatic rings. The Kier molecular flexibility index (Phi) is 6.20. The fourth-order valence-corrected chi connectivity index (χ4v) is 4.86. The molecule has 0 radical (unpaired) electrons. The molecule has 1 aromatic carbocycles. The van der Waals surface area contributed by atoms with Gasteiger partial charge in [0.1, 0.15) is 5.75 Å². The van der Waals surface area contributed by atoms with E-state index in [2.05, 4.69) is 16.3 Å². The summed E-state index contributed by atoms with van der Waals surface area (Å²) in [6, 6.07) is 8.41. The van der Waals surface area contributed by atoms with E-state index in [0.717, 1.165) is 24.2 Å². The van der Waals surface area contributed by atoms with Crippen LogP contribution in [-0.4, -0.2) is 44.6 Å². The Morgan fingerprint density at radius 2 is 1.92 bits per heavy atom. The van der Waals surface area contributed by atoms with Crippen molar-refractivity contribution in [1.82, 2.24) is 10.2 Å². The topological polar surface area (TPSA) is 67.6 Å². The smallest absolute Gasteiger partial charge is 0.223 e. The Morgan fingerprint density at radius 1 is 1.27 bits per heavy atom. The number of nitrogens with zero attached hydrogens (tertiary/aromatic N) is 1. The molecule has 0 saturated heterocycles. The van der Waals surface area contributed by atoms with E-state index in [9.17, 15) is 4.79 Å². The first-order valence-electron chi connectivity index (χ1n) is 9.84. The first-order valence-corrected chi connectivity index (χ1v) is 9.84. The highest BCUT2D eigenvalue weighted by Gasteiger charge is 2.40. The number of hydrogen-bond donors (Lipinski definition) is 2. The summed E-state index contributed by atoms with van der Waals surface area (Å²) in [6.45, 7) is 0.587. The first-order chi connectivity index (χ1) is 12.5. The zero-order chi connectivity index (χ0) is 18.7. The number of ether oxygens (including phenoxy) is 1. The van der Waals surface area contributed by atoms with Gasteiger partial charge in [0.25, 0.3) is 0 Å². The number of rotatable bonds is 6. The SMILES string of the molecule is COc1ccccc1C(CNC(=O)C1CC2CCCC(C1)C2N)N(C)C. The minimum atomic E-state index is 0.0837. The molecule has 1 amide bonds. The van der Waals surface area contributed by atoms with Gasteiger partial charge < -0.3 is 20.7 Å². The predicted octanol–water partition coefficient (Wildman–Crippen LogP) is 2.57. The molecule has 5 nitrogen and oxygen atoms in total. The lowest BCUT2D eigenvalue weighted by Crippen LogP contribution is -2.49. The summed E-state index contributed by atoms with van der Waals surface area (Å²) < 4.78 is 5.51. The molecule has 0 heterocycles. The second kappa shape index (κ2) is 8.40. The molecule has 26 heavy (non-hydrogen) atoms. The molecule has 0 aliphatic heterocycles. The van der Waals surface area contributed by atoms with Crippen LogP contribution >= 0.6 is 0 Å². The van der Waals surface area contributed by atoms with Crippen LogP contribution in [0.25, 0.3) is 0 Å². The van der Waals surface area contributed by atoms with E-state index in [0.29, 0.717) is 24.4 Å². The third-order valence-electron chi connectivity index (χ3n) is 6.37. The van der Waals surface area contributed by atoms with Crippen molar-refractivity contribution in [2.24, 2.45) is 23.5 Å². The Balaban J connectivity index is 1.63. The van der Waals surface area contributed by atoms with Gasteiger partial charge in [-0.05, 0) is 57.7 Å². The summed E-state index contributed by atoms with van der Waals surface area (Å²) in [5.74, 6) is 2.22. The lowest BCUT2D eigenvalue weighted by Gasteiger charge is -2.43. The van der Waals surface area contributed by atoms with Crippen LogP contribution < -0.4 is 15.8 Å². The normalized spacial score (nSPS) is 29.3. The lowest BCUT2D eigenvalue weighted by molar-refractivity contribution is -0.128. The van der Waals surface area contributed by atoms with Gasteiger partial charge in [0.2, 0.25) is 5.91 Å². The summed E-state index contributed by atoms with van der Waals surface area (Å²) in [5.41, 5.74) is 7.46. The summed E-state index contributed by atoms with van der Waals surface area (Å²) in [5, 5.41) is 3.21. The summed E-state index contributed by atoms with van der Waals surface area (Å²) in [7, 11) is 5.76. The molecule has 2 saturated carbocycles. The Labute approximate surface area is 157 Å². The van der Waals surface area contributed by atoms with Crippen molar-refractivity contribution in [3.8, 4) is 5.75 Å². The van der Waals surface area contributed by atoms with Crippen molar-refractivity contribution >= 4 is 5.91 Å². The minimum Gasteiger partial charge on any atom is -0.496 e. The first kappa shape index (κ1) is 19.2. The van der Waals surface area contributed by atoms with E-state index >= 15 is 0 Å². The molecular weight excluding hydrogens is 326 g/mol. The van der Waals surface area contributed by atoms with Crippen LogP contribution in [0.1, 0.15) is 43.7 Å². The average Bonchev–Trinajstić information content (AvgIpc) is 2.61. The van der Waals surface area contributed by atoms with Gasteiger partial charge in [0.15, 0.2) is 0 Å². The fraction of sp³-hybridized carbons (Fsp3) is 0.667.